The Bertz CT molecular complexity index is 830. The van der Waals surface area contributed by atoms with Gasteiger partial charge in [-0.1, -0.05) is 0 Å². The third-order valence-electron chi connectivity index (χ3n) is 4.46. The number of hydrogen-bond donors (Lipinski definition) is 0. The Morgan fingerprint density at radius 2 is 1.60 bits per heavy atom. The maximum atomic E-state index is 6.44. The van der Waals surface area contributed by atoms with Crippen LogP contribution in [0.15, 0.2) is 78.9 Å². The SMILES string of the molecule is COc1ccc([Se][C@H]2Cc3ccccc3O[C@@H]2c2ccccc2)cc1. The first-order valence-corrected chi connectivity index (χ1v) is 10.3. The number of hydrogen-bond acceptors (Lipinski definition) is 2. The second kappa shape index (κ2) is 7.35. The average molecular weight is 395 g/mol. The number of para-hydroxylation sites is 1. The van der Waals surface area contributed by atoms with Gasteiger partial charge in [0.15, 0.2) is 0 Å². The number of ether oxygens (including phenoxy) is 2. The molecule has 0 spiro atoms. The fourth-order valence-corrected chi connectivity index (χ4v) is 5.79. The summed E-state index contributed by atoms with van der Waals surface area (Å²) in [5, 5.41) is 0. The summed E-state index contributed by atoms with van der Waals surface area (Å²) in [6.45, 7) is 0. The number of rotatable bonds is 4. The summed E-state index contributed by atoms with van der Waals surface area (Å²) in [6, 6.07) is 27.5. The number of methoxy groups -OCH3 is 1. The topological polar surface area (TPSA) is 18.5 Å². The molecule has 3 aromatic carbocycles. The Balaban J connectivity index is 1.64. The van der Waals surface area contributed by atoms with Gasteiger partial charge in [-0.25, -0.2) is 0 Å². The molecule has 0 radical (unpaired) electrons. The average Bonchev–Trinajstić information content (AvgIpc) is 2.69. The van der Waals surface area contributed by atoms with Gasteiger partial charge in [-0.3, -0.25) is 0 Å². The summed E-state index contributed by atoms with van der Waals surface area (Å²) in [5.41, 5.74) is 2.58. The molecule has 0 saturated carbocycles. The molecule has 25 heavy (non-hydrogen) atoms. The van der Waals surface area contributed by atoms with Gasteiger partial charge in [0.2, 0.25) is 0 Å². The van der Waals surface area contributed by atoms with E-state index in [1.807, 2.05) is 12.1 Å². The summed E-state index contributed by atoms with van der Waals surface area (Å²) >= 11 is 0.320. The molecule has 2 nitrogen and oxygen atoms in total. The third kappa shape index (κ3) is 3.58. The van der Waals surface area contributed by atoms with Gasteiger partial charge in [0.25, 0.3) is 0 Å². The molecule has 0 N–H and O–H groups in total. The summed E-state index contributed by atoms with van der Waals surface area (Å²) in [7, 11) is 1.71. The molecule has 0 unspecified atom stereocenters. The summed E-state index contributed by atoms with van der Waals surface area (Å²) < 4.78 is 13.1. The first-order chi connectivity index (χ1) is 12.3. The molecule has 2 atom stereocenters. The molecule has 0 saturated heterocycles. The standard InChI is InChI=1S/C22H20O2Se/c1-23-18-11-13-19(14-12-18)25-21-15-17-9-5-6-10-20(17)24-22(21)16-7-3-2-4-8-16/h2-14,21-22H,15H2,1H3/t21-,22+/m0/s1. The van der Waals surface area contributed by atoms with Crippen molar-refractivity contribution in [3.05, 3.63) is 90.0 Å². The van der Waals surface area contributed by atoms with Crippen LogP contribution in [-0.2, 0) is 6.42 Å². The Kier molecular flexibility index (Phi) is 4.78. The molecule has 0 amide bonds. The zero-order valence-corrected chi connectivity index (χ0v) is 15.8. The number of benzene rings is 3. The molecule has 1 heterocycles. The van der Waals surface area contributed by atoms with Crippen LogP contribution in [0, 0.1) is 0 Å². The molecular formula is C22H20O2Se. The van der Waals surface area contributed by atoms with Crippen molar-refractivity contribution >= 4 is 19.4 Å². The molecule has 0 aliphatic carbocycles. The van der Waals surface area contributed by atoms with Crippen LogP contribution in [0.5, 0.6) is 11.5 Å². The van der Waals surface area contributed by atoms with Crippen LogP contribution in [0.3, 0.4) is 0 Å². The predicted octanol–water partition coefficient (Wildman–Crippen LogP) is 4.19. The van der Waals surface area contributed by atoms with Crippen LogP contribution in [0.2, 0.25) is 4.82 Å². The van der Waals surface area contributed by atoms with Crippen molar-refractivity contribution in [1.82, 2.24) is 0 Å². The van der Waals surface area contributed by atoms with E-state index in [0.29, 0.717) is 19.8 Å². The quantitative estimate of drug-likeness (QED) is 0.617. The van der Waals surface area contributed by atoms with E-state index in [4.69, 9.17) is 9.47 Å². The molecule has 3 aromatic rings. The van der Waals surface area contributed by atoms with Crippen LogP contribution < -0.4 is 13.9 Å². The zero-order chi connectivity index (χ0) is 17.1. The monoisotopic (exact) mass is 396 g/mol. The van der Waals surface area contributed by atoms with E-state index >= 15 is 0 Å². The van der Waals surface area contributed by atoms with Gasteiger partial charge in [-0.15, -0.1) is 0 Å². The Morgan fingerprint density at radius 3 is 2.36 bits per heavy atom. The summed E-state index contributed by atoms with van der Waals surface area (Å²) in [5.74, 6) is 1.93. The van der Waals surface area contributed by atoms with Gasteiger partial charge < -0.3 is 0 Å². The van der Waals surface area contributed by atoms with Crippen LogP contribution in [-0.4, -0.2) is 22.1 Å². The van der Waals surface area contributed by atoms with E-state index in [0.717, 1.165) is 17.9 Å². The molecule has 0 fully saturated rings. The van der Waals surface area contributed by atoms with Gasteiger partial charge in [0.1, 0.15) is 0 Å². The van der Waals surface area contributed by atoms with Crippen molar-refractivity contribution in [2.45, 2.75) is 17.3 Å². The van der Waals surface area contributed by atoms with E-state index < -0.39 is 0 Å². The summed E-state index contributed by atoms with van der Waals surface area (Å²) in [6.07, 6.45) is 1.17. The van der Waals surface area contributed by atoms with Gasteiger partial charge in [-0.05, 0) is 0 Å². The molecule has 3 heteroatoms. The van der Waals surface area contributed by atoms with E-state index in [-0.39, 0.29) is 6.10 Å². The normalized spacial score (nSPS) is 18.9. The zero-order valence-electron chi connectivity index (χ0n) is 14.1. The van der Waals surface area contributed by atoms with Crippen LogP contribution in [0.4, 0.5) is 0 Å². The summed E-state index contributed by atoms with van der Waals surface area (Å²) in [4.78, 5) is 0.471. The van der Waals surface area contributed by atoms with Crippen molar-refractivity contribution in [2.24, 2.45) is 0 Å². The second-order valence-electron chi connectivity index (χ2n) is 6.09. The Hall–Kier alpha value is -2.22. The van der Waals surface area contributed by atoms with E-state index in [9.17, 15) is 0 Å². The van der Waals surface area contributed by atoms with Gasteiger partial charge in [0, 0.05) is 0 Å². The van der Waals surface area contributed by atoms with Gasteiger partial charge in [-0.2, -0.15) is 0 Å². The predicted molar refractivity (Wildman–Crippen MR) is 102 cm³/mol. The first-order valence-electron chi connectivity index (χ1n) is 8.44. The third-order valence-corrected chi connectivity index (χ3v) is 7.11. The van der Waals surface area contributed by atoms with Crippen molar-refractivity contribution in [1.29, 1.82) is 0 Å². The van der Waals surface area contributed by atoms with Gasteiger partial charge >= 0.3 is 155 Å². The van der Waals surface area contributed by atoms with Crippen molar-refractivity contribution in [2.75, 3.05) is 7.11 Å². The van der Waals surface area contributed by atoms with Crippen molar-refractivity contribution < 1.29 is 9.47 Å². The molecular weight excluding hydrogens is 375 g/mol. The number of fused-ring (bicyclic) bond motifs is 1. The van der Waals surface area contributed by atoms with Crippen LogP contribution in [0.1, 0.15) is 17.2 Å². The van der Waals surface area contributed by atoms with E-state index in [1.165, 1.54) is 15.6 Å². The second-order valence-corrected chi connectivity index (χ2v) is 8.85. The molecule has 4 rings (SSSR count). The van der Waals surface area contributed by atoms with Crippen LogP contribution >= 0.6 is 0 Å². The fourth-order valence-electron chi connectivity index (χ4n) is 3.18. The fraction of sp³-hybridized carbons (Fsp3) is 0.182. The molecule has 1 aliphatic rings. The Morgan fingerprint density at radius 1 is 0.880 bits per heavy atom. The van der Waals surface area contributed by atoms with Crippen molar-refractivity contribution in [3.8, 4) is 11.5 Å². The molecule has 126 valence electrons. The molecule has 0 bridgehead atoms. The molecule has 1 aliphatic heterocycles. The maximum absolute atomic E-state index is 6.44. The van der Waals surface area contributed by atoms with Crippen LogP contribution in [0.25, 0.3) is 0 Å². The molecule has 0 aromatic heterocycles. The first kappa shape index (κ1) is 16.3. The van der Waals surface area contributed by atoms with E-state index in [1.54, 1.807) is 7.11 Å². The Labute approximate surface area is 155 Å². The van der Waals surface area contributed by atoms with Gasteiger partial charge in [0.05, 0.1) is 0 Å². The van der Waals surface area contributed by atoms with Crippen molar-refractivity contribution in [3.63, 3.8) is 0 Å². The minimum atomic E-state index is 0.109. The van der Waals surface area contributed by atoms with E-state index in [2.05, 4.69) is 66.7 Å². The minimum absolute atomic E-state index is 0.109.